The van der Waals surface area contributed by atoms with E-state index in [2.05, 4.69) is 5.32 Å². The van der Waals surface area contributed by atoms with E-state index in [0.717, 1.165) is 5.56 Å². The van der Waals surface area contributed by atoms with Gasteiger partial charge in [-0.3, -0.25) is 4.79 Å². The normalized spacial score (nSPS) is 12.2. The molecule has 1 amide bonds. The van der Waals surface area contributed by atoms with Crippen molar-refractivity contribution in [2.24, 2.45) is 0 Å². The van der Waals surface area contributed by atoms with E-state index >= 15 is 0 Å². The molecule has 0 spiro atoms. The van der Waals surface area contributed by atoms with Crippen LogP contribution in [-0.2, 0) is 4.79 Å². The van der Waals surface area contributed by atoms with E-state index < -0.39 is 0 Å². The Balaban J connectivity index is 2.76. The predicted octanol–water partition coefficient (Wildman–Crippen LogP) is 2.02. The van der Waals surface area contributed by atoms with Crippen LogP contribution in [0.1, 0.15) is 25.5 Å². The molecule has 0 aromatic heterocycles. The Morgan fingerprint density at radius 1 is 1.54 bits per heavy atom. The van der Waals surface area contributed by atoms with Crippen LogP contribution in [0.3, 0.4) is 0 Å². The molecule has 0 radical (unpaired) electrons. The maximum absolute atomic E-state index is 12.8. The van der Waals surface area contributed by atoms with E-state index in [-0.39, 0.29) is 17.8 Å². The molecule has 0 aliphatic heterocycles. The van der Waals surface area contributed by atoms with E-state index in [4.69, 9.17) is 0 Å². The van der Waals surface area contributed by atoms with Crippen LogP contribution < -0.4 is 5.32 Å². The lowest BCUT2D eigenvalue weighted by atomic mass is 10.1. The van der Waals surface area contributed by atoms with Crippen molar-refractivity contribution in [2.75, 3.05) is 0 Å². The summed E-state index contributed by atoms with van der Waals surface area (Å²) in [6, 6.07) is 6.06. The van der Waals surface area contributed by atoms with Crippen LogP contribution in [-0.4, -0.2) is 5.91 Å². The zero-order valence-corrected chi connectivity index (χ0v) is 7.67. The first-order chi connectivity index (χ1) is 6.09. The van der Waals surface area contributed by atoms with E-state index in [9.17, 15) is 9.18 Å². The lowest BCUT2D eigenvalue weighted by Crippen LogP contribution is -2.23. The Hall–Kier alpha value is -1.38. The van der Waals surface area contributed by atoms with Gasteiger partial charge in [0.2, 0.25) is 5.91 Å². The summed E-state index contributed by atoms with van der Waals surface area (Å²) in [7, 11) is 0. The monoisotopic (exact) mass is 181 g/mol. The van der Waals surface area contributed by atoms with Crippen molar-refractivity contribution >= 4 is 5.91 Å². The van der Waals surface area contributed by atoms with Crippen LogP contribution in [0.25, 0.3) is 0 Å². The van der Waals surface area contributed by atoms with Gasteiger partial charge in [-0.05, 0) is 24.6 Å². The van der Waals surface area contributed by atoms with Crippen LogP contribution in [0.2, 0.25) is 0 Å². The molecule has 1 aromatic rings. The quantitative estimate of drug-likeness (QED) is 0.743. The molecule has 0 aliphatic carbocycles. The Morgan fingerprint density at radius 2 is 2.23 bits per heavy atom. The Morgan fingerprint density at radius 3 is 2.77 bits per heavy atom. The average Bonchev–Trinajstić information content (AvgIpc) is 2.03. The maximum atomic E-state index is 12.8. The molecule has 1 N–H and O–H groups in total. The summed E-state index contributed by atoms with van der Waals surface area (Å²) in [5, 5.41) is 2.68. The third kappa shape index (κ3) is 2.86. The fourth-order valence-electron chi connectivity index (χ4n) is 1.16. The maximum Gasteiger partial charge on any atom is 0.217 e. The van der Waals surface area contributed by atoms with Crippen LogP contribution in [0, 0.1) is 5.82 Å². The van der Waals surface area contributed by atoms with Crippen LogP contribution in [0.5, 0.6) is 0 Å². The van der Waals surface area contributed by atoms with Gasteiger partial charge in [-0.15, -0.1) is 0 Å². The standard InChI is InChI=1S/C10H12FNO/c1-7(12-8(2)13)9-4-3-5-10(11)6-9/h3-7H,1-2H3,(H,12,13)/t7-/m0/s1. The van der Waals surface area contributed by atoms with Crippen molar-refractivity contribution in [3.8, 4) is 0 Å². The van der Waals surface area contributed by atoms with E-state index in [0.29, 0.717) is 0 Å². The molecule has 0 saturated carbocycles. The topological polar surface area (TPSA) is 29.1 Å². The molecular weight excluding hydrogens is 169 g/mol. The number of carbonyl (C=O) groups is 1. The lowest BCUT2D eigenvalue weighted by molar-refractivity contribution is -0.119. The Bertz CT molecular complexity index is 312. The molecule has 0 saturated heterocycles. The van der Waals surface area contributed by atoms with Crippen molar-refractivity contribution in [1.82, 2.24) is 5.32 Å². The minimum Gasteiger partial charge on any atom is -0.350 e. The predicted molar refractivity (Wildman–Crippen MR) is 48.6 cm³/mol. The second-order valence-electron chi connectivity index (χ2n) is 2.98. The summed E-state index contributed by atoms with van der Waals surface area (Å²) in [6.45, 7) is 3.26. The number of amides is 1. The fraction of sp³-hybridized carbons (Fsp3) is 0.300. The molecule has 0 unspecified atom stereocenters. The average molecular weight is 181 g/mol. The zero-order chi connectivity index (χ0) is 9.84. The minimum absolute atomic E-state index is 0.114. The molecule has 0 aliphatic rings. The third-order valence-electron chi connectivity index (χ3n) is 1.77. The third-order valence-corrected chi connectivity index (χ3v) is 1.77. The highest BCUT2D eigenvalue weighted by Crippen LogP contribution is 2.12. The highest BCUT2D eigenvalue weighted by atomic mass is 19.1. The summed E-state index contributed by atoms with van der Waals surface area (Å²) >= 11 is 0. The van der Waals surface area contributed by atoms with Gasteiger partial charge in [-0.1, -0.05) is 12.1 Å². The van der Waals surface area contributed by atoms with E-state index in [1.54, 1.807) is 12.1 Å². The van der Waals surface area contributed by atoms with Gasteiger partial charge in [0.25, 0.3) is 0 Å². The van der Waals surface area contributed by atoms with Gasteiger partial charge in [0.05, 0.1) is 6.04 Å². The van der Waals surface area contributed by atoms with Crippen molar-refractivity contribution in [3.05, 3.63) is 35.6 Å². The minimum atomic E-state index is -0.283. The van der Waals surface area contributed by atoms with Gasteiger partial charge in [-0.25, -0.2) is 4.39 Å². The number of nitrogens with one attached hydrogen (secondary N) is 1. The highest BCUT2D eigenvalue weighted by Gasteiger charge is 2.06. The molecule has 2 nitrogen and oxygen atoms in total. The number of rotatable bonds is 2. The summed E-state index contributed by atoms with van der Waals surface area (Å²) in [5.74, 6) is -0.397. The lowest BCUT2D eigenvalue weighted by Gasteiger charge is -2.12. The van der Waals surface area contributed by atoms with Crippen molar-refractivity contribution in [3.63, 3.8) is 0 Å². The van der Waals surface area contributed by atoms with Gasteiger partial charge in [0.15, 0.2) is 0 Å². The Kier molecular flexibility index (Phi) is 3.01. The molecule has 13 heavy (non-hydrogen) atoms. The summed E-state index contributed by atoms with van der Waals surface area (Å²) in [4.78, 5) is 10.7. The number of carbonyl (C=O) groups excluding carboxylic acids is 1. The summed E-state index contributed by atoms with van der Waals surface area (Å²) in [6.07, 6.45) is 0. The number of hydrogen-bond acceptors (Lipinski definition) is 1. The molecule has 0 bridgehead atoms. The van der Waals surface area contributed by atoms with Gasteiger partial charge in [0.1, 0.15) is 5.82 Å². The van der Waals surface area contributed by atoms with Gasteiger partial charge >= 0.3 is 0 Å². The number of halogens is 1. The molecule has 70 valence electrons. The molecule has 0 fully saturated rings. The van der Waals surface area contributed by atoms with Crippen LogP contribution >= 0.6 is 0 Å². The second kappa shape index (κ2) is 4.03. The van der Waals surface area contributed by atoms with Gasteiger partial charge in [-0.2, -0.15) is 0 Å². The smallest absolute Gasteiger partial charge is 0.217 e. The van der Waals surface area contributed by atoms with E-state index in [1.165, 1.54) is 19.1 Å². The summed E-state index contributed by atoms with van der Waals surface area (Å²) in [5.41, 5.74) is 0.773. The summed E-state index contributed by atoms with van der Waals surface area (Å²) < 4.78 is 12.8. The van der Waals surface area contributed by atoms with Crippen molar-refractivity contribution < 1.29 is 9.18 Å². The zero-order valence-electron chi connectivity index (χ0n) is 7.67. The fourth-order valence-corrected chi connectivity index (χ4v) is 1.16. The van der Waals surface area contributed by atoms with Crippen molar-refractivity contribution in [2.45, 2.75) is 19.9 Å². The molecule has 1 rings (SSSR count). The Labute approximate surface area is 76.8 Å². The molecular formula is C10H12FNO. The van der Waals surface area contributed by atoms with Gasteiger partial charge < -0.3 is 5.32 Å². The van der Waals surface area contributed by atoms with Crippen LogP contribution in [0.4, 0.5) is 4.39 Å². The molecule has 3 heteroatoms. The second-order valence-corrected chi connectivity index (χ2v) is 2.98. The molecule has 1 atom stereocenters. The largest absolute Gasteiger partial charge is 0.350 e. The van der Waals surface area contributed by atoms with Crippen LogP contribution in [0.15, 0.2) is 24.3 Å². The number of benzene rings is 1. The molecule has 1 aromatic carbocycles. The van der Waals surface area contributed by atoms with E-state index in [1.807, 2.05) is 6.92 Å². The van der Waals surface area contributed by atoms with Gasteiger partial charge in [0, 0.05) is 6.92 Å². The van der Waals surface area contributed by atoms with Crippen molar-refractivity contribution in [1.29, 1.82) is 0 Å². The highest BCUT2D eigenvalue weighted by molar-refractivity contribution is 5.73. The molecule has 0 heterocycles. The first-order valence-corrected chi connectivity index (χ1v) is 4.12. The SMILES string of the molecule is CC(=O)N[C@@H](C)c1cccc(F)c1. The number of hydrogen-bond donors (Lipinski definition) is 1. The first kappa shape index (κ1) is 9.71. The first-order valence-electron chi connectivity index (χ1n) is 4.12.